The largest absolute Gasteiger partial charge is 0.369 e. The summed E-state index contributed by atoms with van der Waals surface area (Å²) in [6.45, 7) is 7.67. The van der Waals surface area contributed by atoms with Gasteiger partial charge in [0.15, 0.2) is 0 Å². The maximum Gasteiger partial charge on any atom is 0.254 e. The smallest absolute Gasteiger partial charge is 0.254 e. The molecule has 4 heteroatoms. The van der Waals surface area contributed by atoms with Crippen LogP contribution in [0.25, 0.3) is 0 Å². The van der Waals surface area contributed by atoms with Gasteiger partial charge in [-0.15, -0.1) is 0 Å². The Morgan fingerprint density at radius 2 is 1.81 bits per heavy atom. The maximum atomic E-state index is 13.2. The van der Waals surface area contributed by atoms with E-state index in [-0.39, 0.29) is 5.91 Å². The summed E-state index contributed by atoms with van der Waals surface area (Å²) in [5, 5.41) is 3.39. The van der Waals surface area contributed by atoms with Gasteiger partial charge in [0.25, 0.3) is 5.91 Å². The third kappa shape index (κ3) is 3.47. The lowest BCUT2D eigenvalue weighted by molar-refractivity contribution is 0.0734. The second-order valence-corrected chi connectivity index (χ2v) is 7.22. The molecule has 4 nitrogen and oxygen atoms in total. The molecule has 136 valence electrons. The molecule has 0 aliphatic carbocycles. The zero-order valence-electron chi connectivity index (χ0n) is 15.5. The average Bonchev–Trinajstić information content (AvgIpc) is 2.73. The van der Waals surface area contributed by atoms with E-state index in [0.717, 1.165) is 51.1 Å². The number of anilines is 1. The Kier molecular flexibility index (Phi) is 4.93. The standard InChI is InChI=1S/C22H27N3O/c1-2-17-13-20(15-21(14-17)24-11-8-23-9-12-24)22(26)25-10-7-18-5-3-4-6-19(18)16-25/h3-6,13-15,23H,2,7-12,16H2,1H3. The van der Waals surface area contributed by atoms with Crippen molar-refractivity contribution in [2.75, 3.05) is 37.6 Å². The number of nitrogens with zero attached hydrogens (tertiary/aromatic N) is 2. The molecule has 0 saturated carbocycles. The van der Waals surface area contributed by atoms with E-state index in [1.165, 1.54) is 22.4 Å². The topological polar surface area (TPSA) is 35.6 Å². The summed E-state index contributed by atoms with van der Waals surface area (Å²) in [6, 6.07) is 14.9. The number of benzene rings is 2. The SMILES string of the molecule is CCc1cc(C(=O)N2CCc3ccccc3C2)cc(N2CCNCC2)c1. The van der Waals surface area contributed by atoms with Crippen LogP contribution >= 0.6 is 0 Å². The number of carbonyl (C=O) groups excluding carboxylic acids is 1. The fourth-order valence-corrected chi connectivity index (χ4v) is 3.96. The van der Waals surface area contributed by atoms with Crippen LogP contribution in [0.1, 0.15) is 34.0 Å². The molecule has 0 spiro atoms. The minimum absolute atomic E-state index is 0.159. The van der Waals surface area contributed by atoms with E-state index in [4.69, 9.17) is 0 Å². The molecule has 4 rings (SSSR count). The Labute approximate surface area is 155 Å². The molecule has 0 atom stereocenters. The van der Waals surface area contributed by atoms with Gasteiger partial charge in [0, 0.05) is 50.5 Å². The molecule has 1 amide bonds. The van der Waals surface area contributed by atoms with Gasteiger partial charge in [-0.05, 0) is 47.7 Å². The van der Waals surface area contributed by atoms with Crippen molar-refractivity contribution >= 4 is 11.6 Å². The molecule has 2 aromatic rings. The summed E-state index contributed by atoms with van der Waals surface area (Å²) in [5.41, 5.74) is 5.91. The summed E-state index contributed by atoms with van der Waals surface area (Å²) in [7, 11) is 0. The Balaban J connectivity index is 1.59. The molecule has 2 aliphatic heterocycles. The number of hydrogen-bond donors (Lipinski definition) is 1. The van der Waals surface area contributed by atoms with Gasteiger partial charge in [-0.1, -0.05) is 31.2 Å². The third-order valence-electron chi connectivity index (χ3n) is 5.53. The highest BCUT2D eigenvalue weighted by Gasteiger charge is 2.23. The van der Waals surface area contributed by atoms with Crippen LogP contribution in [0.5, 0.6) is 0 Å². The lowest BCUT2D eigenvalue weighted by atomic mass is 9.98. The normalized spacial score (nSPS) is 17.1. The van der Waals surface area contributed by atoms with Gasteiger partial charge in [-0.2, -0.15) is 0 Å². The molecule has 1 fully saturated rings. The number of hydrogen-bond acceptors (Lipinski definition) is 3. The Hall–Kier alpha value is -2.33. The van der Waals surface area contributed by atoms with E-state index in [1.54, 1.807) is 0 Å². The highest BCUT2D eigenvalue weighted by molar-refractivity contribution is 5.95. The summed E-state index contributed by atoms with van der Waals surface area (Å²) in [5.74, 6) is 0.159. The molecule has 0 radical (unpaired) electrons. The molecule has 2 heterocycles. The first kappa shape index (κ1) is 17.1. The zero-order chi connectivity index (χ0) is 17.9. The minimum atomic E-state index is 0.159. The monoisotopic (exact) mass is 349 g/mol. The third-order valence-corrected chi connectivity index (χ3v) is 5.53. The maximum absolute atomic E-state index is 13.2. The number of piperazine rings is 1. The van der Waals surface area contributed by atoms with Crippen LogP contribution in [0.4, 0.5) is 5.69 Å². The van der Waals surface area contributed by atoms with Crippen molar-refractivity contribution in [1.29, 1.82) is 0 Å². The summed E-state index contributed by atoms with van der Waals surface area (Å²) in [4.78, 5) is 17.6. The van der Waals surface area contributed by atoms with E-state index in [1.807, 2.05) is 4.90 Å². The number of carbonyl (C=O) groups is 1. The van der Waals surface area contributed by atoms with E-state index in [2.05, 4.69) is 59.6 Å². The van der Waals surface area contributed by atoms with Crippen molar-refractivity contribution in [3.63, 3.8) is 0 Å². The fourth-order valence-electron chi connectivity index (χ4n) is 3.96. The quantitative estimate of drug-likeness (QED) is 0.926. The summed E-state index contributed by atoms with van der Waals surface area (Å²) >= 11 is 0. The van der Waals surface area contributed by atoms with Crippen molar-refractivity contribution in [1.82, 2.24) is 10.2 Å². The number of rotatable bonds is 3. The summed E-state index contributed by atoms with van der Waals surface area (Å²) in [6.07, 6.45) is 1.89. The second kappa shape index (κ2) is 7.50. The van der Waals surface area contributed by atoms with Crippen molar-refractivity contribution < 1.29 is 4.79 Å². The van der Waals surface area contributed by atoms with Gasteiger partial charge in [0.1, 0.15) is 0 Å². The highest BCUT2D eigenvalue weighted by Crippen LogP contribution is 2.24. The van der Waals surface area contributed by atoms with Crippen molar-refractivity contribution in [3.05, 3.63) is 64.7 Å². The van der Waals surface area contributed by atoms with E-state index in [9.17, 15) is 4.79 Å². The van der Waals surface area contributed by atoms with Crippen molar-refractivity contribution in [3.8, 4) is 0 Å². The second-order valence-electron chi connectivity index (χ2n) is 7.22. The molecule has 2 aliphatic rings. The van der Waals surface area contributed by atoms with Crippen LogP contribution < -0.4 is 10.2 Å². The highest BCUT2D eigenvalue weighted by atomic mass is 16.2. The van der Waals surface area contributed by atoms with Crippen LogP contribution in [-0.2, 0) is 19.4 Å². The van der Waals surface area contributed by atoms with Gasteiger partial charge in [-0.25, -0.2) is 0 Å². The summed E-state index contributed by atoms with van der Waals surface area (Å²) < 4.78 is 0. The molecule has 0 bridgehead atoms. The Bertz CT molecular complexity index is 796. The number of aryl methyl sites for hydroxylation is 1. The van der Waals surface area contributed by atoms with Crippen LogP contribution in [0.15, 0.2) is 42.5 Å². The lowest BCUT2D eigenvalue weighted by Gasteiger charge is -2.31. The molecule has 1 saturated heterocycles. The Morgan fingerprint density at radius 3 is 2.58 bits per heavy atom. The Morgan fingerprint density at radius 1 is 1.04 bits per heavy atom. The van der Waals surface area contributed by atoms with Crippen LogP contribution in [-0.4, -0.2) is 43.5 Å². The average molecular weight is 349 g/mol. The first-order valence-electron chi connectivity index (χ1n) is 9.70. The van der Waals surface area contributed by atoms with E-state index in [0.29, 0.717) is 6.54 Å². The first-order chi connectivity index (χ1) is 12.7. The molecule has 26 heavy (non-hydrogen) atoms. The van der Waals surface area contributed by atoms with Gasteiger partial charge in [0.05, 0.1) is 0 Å². The molecule has 1 N–H and O–H groups in total. The van der Waals surface area contributed by atoms with Crippen LogP contribution in [0.3, 0.4) is 0 Å². The minimum Gasteiger partial charge on any atom is -0.369 e. The predicted octanol–water partition coefficient (Wildman–Crippen LogP) is 2.86. The number of nitrogens with one attached hydrogen (secondary N) is 1. The lowest BCUT2D eigenvalue weighted by Crippen LogP contribution is -2.43. The van der Waals surface area contributed by atoms with Crippen molar-refractivity contribution in [2.24, 2.45) is 0 Å². The van der Waals surface area contributed by atoms with Crippen LogP contribution in [0, 0.1) is 0 Å². The van der Waals surface area contributed by atoms with Gasteiger partial charge in [-0.3, -0.25) is 4.79 Å². The number of amides is 1. The molecule has 0 aromatic heterocycles. The molecule has 0 unspecified atom stereocenters. The number of fused-ring (bicyclic) bond motifs is 1. The van der Waals surface area contributed by atoms with Crippen molar-refractivity contribution in [2.45, 2.75) is 26.3 Å². The van der Waals surface area contributed by atoms with Gasteiger partial charge < -0.3 is 15.1 Å². The van der Waals surface area contributed by atoms with E-state index >= 15 is 0 Å². The molecular weight excluding hydrogens is 322 g/mol. The van der Waals surface area contributed by atoms with Crippen LogP contribution in [0.2, 0.25) is 0 Å². The first-order valence-corrected chi connectivity index (χ1v) is 9.70. The van der Waals surface area contributed by atoms with Gasteiger partial charge in [0.2, 0.25) is 0 Å². The fraction of sp³-hybridized carbons (Fsp3) is 0.409. The van der Waals surface area contributed by atoms with Gasteiger partial charge >= 0.3 is 0 Å². The predicted molar refractivity (Wildman–Crippen MR) is 106 cm³/mol. The molecular formula is C22H27N3O. The van der Waals surface area contributed by atoms with E-state index < -0.39 is 0 Å². The molecule has 2 aromatic carbocycles. The zero-order valence-corrected chi connectivity index (χ0v) is 15.5.